The quantitative estimate of drug-likeness (QED) is 0.733. The van der Waals surface area contributed by atoms with E-state index in [4.69, 9.17) is 4.74 Å². The standard InChI is InChI=1S/C13H20O3/c1-8(2)12(15)16-10-6-7-13(4,5)11(14)9(10)3/h6-8,11,14H,1-5H3. The Morgan fingerprint density at radius 3 is 2.56 bits per heavy atom. The molecular weight excluding hydrogens is 204 g/mol. The van der Waals surface area contributed by atoms with E-state index >= 15 is 0 Å². The number of aliphatic hydroxyl groups excluding tert-OH is 1. The van der Waals surface area contributed by atoms with Crippen LogP contribution in [-0.2, 0) is 9.53 Å². The number of rotatable bonds is 2. The van der Waals surface area contributed by atoms with E-state index in [2.05, 4.69) is 0 Å². The molecule has 0 saturated heterocycles. The normalized spacial score (nSPS) is 23.8. The van der Waals surface area contributed by atoms with Crippen molar-refractivity contribution in [1.82, 2.24) is 0 Å². The second-order valence-corrected chi connectivity index (χ2v) is 5.18. The zero-order chi connectivity index (χ0) is 12.5. The number of carbonyl (C=O) groups is 1. The van der Waals surface area contributed by atoms with Gasteiger partial charge < -0.3 is 9.84 Å². The van der Waals surface area contributed by atoms with E-state index < -0.39 is 6.10 Å². The van der Waals surface area contributed by atoms with Crippen LogP contribution in [0.3, 0.4) is 0 Å². The Morgan fingerprint density at radius 1 is 1.50 bits per heavy atom. The third kappa shape index (κ3) is 2.53. The minimum absolute atomic E-state index is 0.166. The third-order valence-electron chi connectivity index (χ3n) is 2.85. The summed E-state index contributed by atoms with van der Waals surface area (Å²) in [6.07, 6.45) is 3.03. The van der Waals surface area contributed by atoms with E-state index in [0.717, 1.165) is 0 Å². The Balaban J connectivity index is 2.88. The van der Waals surface area contributed by atoms with Gasteiger partial charge in [0.25, 0.3) is 0 Å². The summed E-state index contributed by atoms with van der Waals surface area (Å²) in [5.74, 6) is 0.0391. The first-order chi connectivity index (χ1) is 7.25. The lowest BCUT2D eigenvalue weighted by atomic mass is 9.79. The number of carbonyl (C=O) groups excluding carboxylic acids is 1. The Labute approximate surface area is 96.8 Å². The molecule has 0 bridgehead atoms. The van der Waals surface area contributed by atoms with Crippen molar-refractivity contribution in [3.05, 3.63) is 23.5 Å². The highest BCUT2D eigenvalue weighted by Crippen LogP contribution is 2.34. The first-order valence-electron chi connectivity index (χ1n) is 5.55. The summed E-state index contributed by atoms with van der Waals surface area (Å²) < 4.78 is 5.22. The van der Waals surface area contributed by atoms with Crippen molar-refractivity contribution in [2.45, 2.75) is 40.7 Å². The van der Waals surface area contributed by atoms with Crippen molar-refractivity contribution in [1.29, 1.82) is 0 Å². The van der Waals surface area contributed by atoms with Gasteiger partial charge in [-0.05, 0) is 18.6 Å². The van der Waals surface area contributed by atoms with E-state index in [1.54, 1.807) is 26.8 Å². The molecule has 0 saturated carbocycles. The van der Waals surface area contributed by atoms with E-state index in [9.17, 15) is 9.90 Å². The summed E-state index contributed by atoms with van der Waals surface area (Å²) in [7, 11) is 0. The van der Waals surface area contributed by atoms with Crippen LogP contribution in [-0.4, -0.2) is 17.2 Å². The van der Waals surface area contributed by atoms with Gasteiger partial charge in [-0.25, -0.2) is 0 Å². The number of hydrogen-bond acceptors (Lipinski definition) is 3. The lowest BCUT2D eigenvalue weighted by molar-refractivity contribution is -0.142. The average molecular weight is 224 g/mol. The topological polar surface area (TPSA) is 46.5 Å². The van der Waals surface area contributed by atoms with Gasteiger partial charge in [-0.2, -0.15) is 0 Å². The van der Waals surface area contributed by atoms with Gasteiger partial charge in [0.2, 0.25) is 0 Å². The monoisotopic (exact) mass is 224 g/mol. The first kappa shape index (κ1) is 13.0. The van der Waals surface area contributed by atoms with Crippen LogP contribution in [0.2, 0.25) is 0 Å². The molecule has 0 radical (unpaired) electrons. The zero-order valence-electron chi connectivity index (χ0n) is 10.6. The van der Waals surface area contributed by atoms with Gasteiger partial charge in [-0.3, -0.25) is 4.79 Å². The molecule has 90 valence electrons. The fraction of sp³-hybridized carbons (Fsp3) is 0.615. The molecule has 3 nitrogen and oxygen atoms in total. The van der Waals surface area contributed by atoms with Crippen LogP contribution in [0.4, 0.5) is 0 Å². The van der Waals surface area contributed by atoms with Crippen molar-refractivity contribution in [2.24, 2.45) is 11.3 Å². The summed E-state index contributed by atoms with van der Waals surface area (Å²) in [5, 5.41) is 10.0. The summed E-state index contributed by atoms with van der Waals surface area (Å²) in [4.78, 5) is 11.5. The molecule has 0 fully saturated rings. The van der Waals surface area contributed by atoms with Crippen molar-refractivity contribution in [2.75, 3.05) is 0 Å². The first-order valence-corrected chi connectivity index (χ1v) is 5.55. The van der Waals surface area contributed by atoms with Crippen LogP contribution in [0, 0.1) is 11.3 Å². The van der Waals surface area contributed by atoms with E-state index in [0.29, 0.717) is 11.3 Å². The predicted octanol–water partition coefficient (Wildman–Crippen LogP) is 2.42. The second-order valence-electron chi connectivity index (χ2n) is 5.18. The van der Waals surface area contributed by atoms with Gasteiger partial charge in [0.05, 0.1) is 12.0 Å². The van der Waals surface area contributed by atoms with E-state index in [1.807, 2.05) is 19.9 Å². The maximum absolute atomic E-state index is 11.5. The van der Waals surface area contributed by atoms with Gasteiger partial charge in [0.15, 0.2) is 0 Å². The Bertz CT molecular complexity index is 348. The minimum atomic E-state index is -0.604. The highest BCUT2D eigenvalue weighted by molar-refractivity contribution is 5.73. The highest BCUT2D eigenvalue weighted by atomic mass is 16.5. The van der Waals surface area contributed by atoms with Crippen LogP contribution in [0.25, 0.3) is 0 Å². The molecule has 1 aliphatic rings. The molecule has 1 unspecified atom stereocenters. The third-order valence-corrected chi connectivity index (χ3v) is 2.85. The number of allylic oxidation sites excluding steroid dienone is 1. The molecule has 0 heterocycles. The van der Waals surface area contributed by atoms with E-state index in [1.165, 1.54) is 0 Å². The summed E-state index contributed by atoms with van der Waals surface area (Å²) in [5.41, 5.74) is 0.402. The zero-order valence-corrected chi connectivity index (χ0v) is 10.6. The van der Waals surface area contributed by atoms with Crippen molar-refractivity contribution in [3.63, 3.8) is 0 Å². The smallest absolute Gasteiger partial charge is 0.313 e. The van der Waals surface area contributed by atoms with Crippen molar-refractivity contribution in [3.8, 4) is 0 Å². The number of esters is 1. The fourth-order valence-electron chi connectivity index (χ4n) is 1.55. The second kappa shape index (κ2) is 4.42. The average Bonchev–Trinajstić information content (AvgIpc) is 2.19. The SMILES string of the molecule is CC1=C(OC(=O)C(C)C)C=CC(C)(C)C1O. The molecule has 0 aromatic heterocycles. The number of ether oxygens (including phenoxy) is 1. The van der Waals surface area contributed by atoms with Crippen molar-refractivity contribution >= 4 is 5.97 Å². The molecular formula is C13H20O3. The Kier molecular flexibility index (Phi) is 3.58. The maximum Gasteiger partial charge on any atom is 0.313 e. The van der Waals surface area contributed by atoms with Gasteiger partial charge in [-0.1, -0.05) is 33.8 Å². The lowest BCUT2D eigenvalue weighted by Gasteiger charge is -2.32. The molecule has 0 aliphatic heterocycles. The molecule has 1 N–H and O–H groups in total. The summed E-state index contributed by atoms with van der Waals surface area (Å²) >= 11 is 0. The largest absolute Gasteiger partial charge is 0.426 e. The molecule has 0 aromatic carbocycles. The van der Waals surface area contributed by atoms with Crippen LogP contribution in [0.5, 0.6) is 0 Å². The molecule has 16 heavy (non-hydrogen) atoms. The summed E-state index contributed by atoms with van der Waals surface area (Å²) in [6.45, 7) is 9.24. The fourth-order valence-corrected chi connectivity index (χ4v) is 1.55. The number of aliphatic hydroxyl groups is 1. The Hall–Kier alpha value is -1.09. The molecule has 0 amide bonds. The van der Waals surface area contributed by atoms with Crippen LogP contribution >= 0.6 is 0 Å². The minimum Gasteiger partial charge on any atom is -0.426 e. The molecule has 3 heteroatoms. The van der Waals surface area contributed by atoms with Crippen molar-refractivity contribution < 1.29 is 14.6 Å². The lowest BCUT2D eigenvalue weighted by Crippen LogP contribution is -2.32. The van der Waals surface area contributed by atoms with Crippen LogP contribution < -0.4 is 0 Å². The van der Waals surface area contributed by atoms with Gasteiger partial charge in [0, 0.05) is 5.41 Å². The van der Waals surface area contributed by atoms with Crippen LogP contribution in [0.1, 0.15) is 34.6 Å². The molecule has 0 spiro atoms. The molecule has 1 rings (SSSR count). The van der Waals surface area contributed by atoms with Gasteiger partial charge in [0.1, 0.15) is 5.76 Å². The molecule has 1 atom stereocenters. The van der Waals surface area contributed by atoms with Crippen LogP contribution in [0.15, 0.2) is 23.5 Å². The number of hydrogen-bond donors (Lipinski definition) is 1. The summed E-state index contributed by atoms with van der Waals surface area (Å²) in [6, 6.07) is 0. The molecule has 1 aliphatic carbocycles. The maximum atomic E-state index is 11.5. The highest BCUT2D eigenvalue weighted by Gasteiger charge is 2.32. The molecule has 0 aromatic rings. The van der Waals surface area contributed by atoms with Gasteiger partial charge in [-0.15, -0.1) is 0 Å². The van der Waals surface area contributed by atoms with Gasteiger partial charge >= 0.3 is 5.97 Å². The predicted molar refractivity (Wildman–Crippen MR) is 62.6 cm³/mol. The Morgan fingerprint density at radius 2 is 2.06 bits per heavy atom. The van der Waals surface area contributed by atoms with E-state index in [-0.39, 0.29) is 17.3 Å².